The third kappa shape index (κ3) is 4.12. The second-order valence-corrected chi connectivity index (χ2v) is 4.04. The summed E-state index contributed by atoms with van der Waals surface area (Å²) in [4.78, 5) is 32.3. The van der Waals surface area contributed by atoms with Gasteiger partial charge in [0.25, 0.3) is 11.4 Å². The van der Waals surface area contributed by atoms with Crippen molar-refractivity contribution >= 4 is 23.0 Å². The molecule has 0 fully saturated rings. The molecule has 0 saturated carbocycles. The number of ether oxygens (including phenoxy) is 2. The minimum absolute atomic E-state index is 0.0499. The average Bonchev–Trinajstić information content (AvgIpc) is 2.47. The number of hydrogen-bond donors (Lipinski definition) is 1. The van der Waals surface area contributed by atoms with Crippen molar-refractivity contribution in [2.24, 2.45) is 0 Å². The summed E-state index contributed by atoms with van der Waals surface area (Å²) in [6, 6.07) is 1.89. The van der Waals surface area contributed by atoms with Gasteiger partial charge in [-0.25, -0.2) is 4.79 Å². The summed E-state index contributed by atoms with van der Waals surface area (Å²) in [5.74, 6) is -0.864. The Balaban J connectivity index is 3.36. The van der Waals surface area contributed by atoms with Crippen LogP contribution in [-0.2, 0) is 9.47 Å². The van der Waals surface area contributed by atoms with Crippen molar-refractivity contribution in [3.63, 3.8) is 0 Å². The van der Waals surface area contributed by atoms with Crippen LogP contribution in [0.5, 0.6) is 0 Å². The van der Waals surface area contributed by atoms with E-state index < -0.39 is 27.2 Å². The van der Waals surface area contributed by atoms with Crippen LogP contribution in [0.15, 0.2) is 12.1 Å². The first-order chi connectivity index (χ1) is 10.4. The van der Waals surface area contributed by atoms with Crippen LogP contribution >= 0.6 is 0 Å². The van der Waals surface area contributed by atoms with Gasteiger partial charge < -0.3 is 14.8 Å². The molecule has 0 radical (unpaired) electrons. The van der Waals surface area contributed by atoms with Gasteiger partial charge in [0.1, 0.15) is 0 Å². The molecule has 22 heavy (non-hydrogen) atoms. The van der Waals surface area contributed by atoms with Gasteiger partial charge in [-0.2, -0.15) is 0 Å². The molecule has 10 nitrogen and oxygen atoms in total. The smallest absolute Gasteiger partial charge is 0.338 e. The Morgan fingerprint density at radius 1 is 1.23 bits per heavy atom. The number of nitrogens with one attached hydrogen (secondary N) is 1. The van der Waals surface area contributed by atoms with Gasteiger partial charge in [-0.15, -0.1) is 0 Å². The van der Waals surface area contributed by atoms with E-state index in [0.717, 1.165) is 12.1 Å². The summed E-state index contributed by atoms with van der Waals surface area (Å²) in [6.07, 6.45) is 0. The van der Waals surface area contributed by atoms with Gasteiger partial charge in [-0.1, -0.05) is 0 Å². The fourth-order valence-electron chi connectivity index (χ4n) is 1.69. The lowest BCUT2D eigenvalue weighted by atomic mass is 10.1. The molecule has 120 valence electrons. The lowest BCUT2D eigenvalue weighted by molar-refractivity contribution is -0.392. The third-order valence-corrected chi connectivity index (χ3v) is 2.61. The van der Waals surface area contributed by atoms with Crippen LogP contribution in [0.1, 0.15) is 17.3 Å². The molecule has 10 heteroatoms. The molecule has 0 saturated heterocycles. The highest BCUT2D eigenvalue weighted by molar-refractivity contribution is 5.93. The maximum absolute atomic E-state index is 11.7. The second-order valence-electron chi connectivity index (χ2n) is 4.04. The normalized spacial score (nSPS) is 10.1. The molecule has 1 aromatic rings. The molecule has 0 aliphatic carbocycles. The number of methoxy groups -OCH3 is 1. The number of anilines is 1. The van der Waals surface area contributed by atoms with E-state index in [0.29, 0.717) is 0 Å². The van der Waals surface area contributed by atoms with Crippen LogP contribution in [0.3, 0.4) is 0 Å². The molecule has 1 N–H and O–H groups in total. The van der Waals surface area contributed by atoms with Crippen molar-refractivity contribution < 1.29 is 24.1 Å². The van der Waals surface area contributed by atoms with Gasteiger partial charge in [0, 0.05) is 25.8 Å². The first kappa shape index (κ1) is 17.3. The molecule has 0 aromatic heterocycles. The van der Waals surface area contributed by atoms with E-state index in [9.17, 15) is 25.0 Å². The lowest BCUT2D eigenvalue weighted by Crippen LogP contribution is -2.13. The standard InChI is InChI=1S/C12H15N3O7/c1-3-22-12(16)8-6-9(14(17)18)11(13-4-5-21-2)10(7-8)15(19)20/h6-7,13H,3-5H2,1-2H3. The fraction of sp³-hybridized carbons (Fsp3) is 0.417. The number of nitro benzene ring substituents is 2. The van der Waals surface area contributed by atoms with Crippen LogP contribution in [0, 0.1) is 20.2 Å². The number of rotatable bonds is 8. The fourth-order valence-corrected chi connectivity index (χ4v) is 1.69. The van der Waals surface area contributed by atoms with E-state index in [2.05, 4.69) is 5.32 Å². The van der Waals surface area contributed by atoms with Crippen LogP contribution in [0.2, 0.25) is 0 Å². The highest BCUT2D eigenvalue weighted by atomic mass is 16.6. The van der Waals surface area contributed by atoms with Crippen LogP contribution in [-0.4, -0.2) is 42.7 Å². The zero-order chi connectivity index (χ0) is 16.7. The van der Waals surface area contributed by atoms with Gasteiger partial charge in [-0.05, 0) is 6.92 Å². The summed E-state index contributed by atoms with van der Waals surface area (Å²) in [6.45, 7) is 1.94. The van der Waals surface area contributed by atoms with E-state index in [1.807, 2.05) is 0 Å². The molecule has 0 aliphatic rings. The van der Waals surface area contributed by atoms with E-state index in [4.69, 9.17) is 9.47 Å². The van der Waals surface area contributed by atoms with Crippen molar-refractivity contribution in [1.29, 1.82) is 0 Å². The highest BCUT2D eigenvalue weighted by Crippen LogP contribution is 2.35. The number of nitrogens with zero attached hydrogens (tertiary/aromatic N) is 2. The van der Waals surface area contributed by atoms with E-state index in [-0.39, 0.29) is 31.0 Å². The van der Waals surface area contributed by atoms with Crippen molar-refractivity contribution in [3.8, 4) is 0 Å². The predicted molar refractivity (Wildman–Crippen MR) is 76.1 cm³/mol. The minimum Gasteiger partial charge on any atom is -0.462 e. The molecule has 0 bridgehead atoms. The second kappa shape index (κ2) is 7.88. The Labute approximate surface area is 125 Å². The number of esters is 1. The van der Waals surface area contributed by atoms with Crippen molar-refractivity contribution in [2.75, 3.05) is 32.2 Å². The minimum atomic E-state index is -0.864. The first-order valence-corrected chi connectivity index (χ1v) is 6.29. The van der Waals surface area contributed by atoms with Gasteiger partial charge in [0.15, 0.2) is 5.69 Å². The summed E-state index contributed by atoms with van der Waals surface area (Å²) in [5, 5.41) is 24.8. The van der Waals surface area contributed by atoms with Crippen LogP contribution < -0.4 is 5.32 Å². The summed E-state index contributed by atoms with van der Waals surface area (Å²) >= 11 is 0. The Bertz CT molecular complexity index is 553. The molecule has 0 atom stereocenters. The average molecular weight is 313 g/mol. The molecule has 0 aliphatic heterocycles. The molecule has 0 amide bonds. The summed E-state index contributed by atoms with van der Waals surface area (Å²) in [7, 11) is 1.42. The molecule has 0 heterocycles. The van der Waals surface area contributed by atoms with Crippen molar-refractivity contribution in [1.82, 2.24) is 0 Å². The summed E-state index contributed by atoms with van der Waals surface area (Å²) in [5.41, 5.74) is -1.68. The lowest BCUT2D eigenvalue weighted by Gasteiger charge is -2.09. The molecular formula is C12H15N3O7. The first-order valence-electron chi connectivity index (χ1n) is 6.29. The number of hydrogen-bond acceptors (Lipinski definition) is 8. The quantitative estimate of drug-likeness (QED) is 0.332. The maximum Gasteiger partial charge on any atom is 0.338 e. The third-order valence-electron chi connectivity index (χ3n) is 2.61. The maximum atomic E-state index is 11.7. The molecule has 1 rings (SSSR count). The van der Waals surface area contributed by atoms with E-state index in [1.54, 1.807) is 6.92 Å². The van der Waals surface area contributed by atoms with Gasteiger partial charge >= 0.3 is 5.97 Å². The van der Waals surface area contributed by atoms with E-state index in [1.165, 1.54) is 7.11 Å². The number of nitro groups is 2. The SMILES string of the molecule is CCOC(=O)c1cc([N+](=O)[O-])c(NCCOC)c([N+](=O)[O-])c1. The Morgan fingerprint density at radius 2 is 1.77 bits per heavy atom. The van der Waals surface area contributed by atoms with E-state index >= 15 is 0 Å². The Hall–Kier alpha value is -2.75. The highest BCUT2D eigenvalue weighted by Gasteiger charge is 2.28. The zero-order valence-electron chi connectivity index (χ0n) is 12.0. The zero-order valence-corrected chi connectivity index (χ0v) is 12.0. The van der Waals surface area contributed by atoms with Gasteiger partial charge in [0.2, 0.25) is 0 Å². The molecule has 0 spiro atoms. The predicted octanol–water partition coefficient (Wildman–Crippen LogP) is 1.74. The van der Waals surface area contributed by atoms with Gasteiger partial charge in [-0.3, -0.25) is 20.2 Å². The van der Waals surface area contributed by atoms with Gasteiger partial charge in [0.05, 0.1) is 28.6 Å². The Morgan fingerprint density at radius 3 is 2.18 bits per heavy atom. The molecular weight excluding hydrogens is 298 g/mol. The number of carbonyl (C=O) groups is 1. The van der Waals surface area contributed by atoms with Crippen LogP contribution in [0.4, 0.5) is 17.1 Å². The molecule has 1 aromatic carbocycles. The Kier molecular flexibility index (Phi) is 6.20. The van der Waals surface area contributed by atoms with Crippen molar-refractivity contribution in [2.45, 2.75) is 6.92 Å². The summed E-state index contributed by atoms with van der Waals surface area (Å²) < 4.78 is 9.49. The largest absolute Gasteiger partial charge is 0.462 e. The number of carbonyl (C=O) groups excluding carboxylic acids is 1. The molecule has 0 unspecified atom stereocenters. The number of benzene rings is 1. The van der Waals surface area contributed by atoms with Crippen LogP contribution in [0.25, 0.3) is 0 Å². The van der Waals surface area contributed by atoms with Crippen molar-refractivity contribution in [3.05, 3.63) is 37.9 Å². The monoisotopic (exact) mass is 313 g/mol. The topological polar surface area (TPSA) is 134 Å².